The highest BCUT2D eigenvalue weighted by Gasteiger charge is 2.18. The second-order valence-corrected chi connectivity index (χ2v) is 7.46. The highest BCUT2D eigenvalue weighted by molar-refractivity contribution is 7.15. The molecular weight excluding hydrogens is 414 g/mol. The number of halogens is 1. The van der Waals surface area contributed by atoms with Gasteiger partial charge in [0.1, 0.15) is 0 Å². The Morgan fingerprint density at radius 2 is 1.79 bits per heavy atom. The second kappa shape index (κ2) is 7.73. The van der Waals surface area contributed by atoms with Crippen LogP contribution in [0.2, 0.25) is 5.02 Å². The zero-order chi connectivity index (χ0) is 20.5. The minimum atomic E-state index is -0.240. The van der Waals surface area contributed by atoms with Gasteiger partial charge in [0, 0.05) is 10.6 Å². The second-order valence-electron chi connectivity index (χ2n) is 6.01. The summed E-state index contributed by atoms with van der Waals surface area (Å²) >= 11 is 7.27. The van der Waals surface area contributed by atoms with E-state index in [0.717, 1.165) is 5.56 Å². The number of fused-ring (bicyclic) bond motifs is 1. The van der Waals surface area contributed by atoms with Crippen molar-refractivity contribution >= 4 is 34.0 Å². The lowest BCUT2D eigenvalue weighted by molar-refractivity contribution is 0.324. The zero-order valence-electron chi connectivity index (χ0n) is 15.8. The van der Waals surface area contributed by atoms with Crippen molar-refractivity contribution in [3.8, 4) is 28.6 Å². The van der Waals surface area contributed by atoms with E-state index >= 15 is 0 Å². The van der Waals surface area contributed by atoms with Crippen molar-refractivity contribution in [2.24, 2.45) is 0 Å². The molecule has 0 aliphatic carbocycles. The molecule has 4 aromatic rings. The number of aromatic nitrogens is 3. The van der Waals surface area contributed by atoms with Gasteiger partial charge in [-0.3, -0.25) is 4.79 Å². The van der Waals surface area contributed by atoms with E-state index in [1.165, 1.54) is 37.2 Å². The molecule has 0 fully saturated rings. The van der Waals surface area contributed by atoms with Gasteiger partial charge in [-0.25, -0.2) is 0 Å². The third-order valence-electron chi connectivity index (χ3n) is 4.25. The summed E-state index contributed by atoms with van der Waals surface area (Å²) in [6, 6.07) is 10.8. The Hall–Kier alpha value is -3.10. The van der Waals surface area contributed by atoms with Gasteiger partial charge in [0.2, 0.25) is 10.7 Å². The molecule has 0 spiro atoms. The van der Waals surface area contributed by atoms with E-state index in [9.17, 15) is 4.79 Å². The molecule has 2 heterocycles. The maximum absolute atomic E-state index is 12.7. The molecule has 0 aliphatic heterocycles. The normalized spacial score (nSPS) is 11.8. The monoisotopic (exact) mass is 429 g/mol. The molecule has 4 rings (SSSR count). The van der Waals surface area contributed by atoms with Gasteiger partial charge < -0.3 is 14.2 Å². The molecule has 0 saturated carbocycles. The summed E-state index contributed by atoms with van der Waals surface area (Å²) in [7, 11) is 4.61. The quantitative estimate of drug-likeness (QED) is 0.485. The summed E-state index contributed by atoms with van der Waals surface area (Å²) in [5.41, 5.74) is 1.25. The van der Waals surface area contributed by atoms with Gasteiger partial charge in [-0.2, -0.15) is 9.50 Å². The van der Waals surface area contributed by atoms with Gasteiger partial charge in [-0.05, 0) is 35.9 Å². The van der Waals surface area contributed by atoms with E-state index in [1.807, 2.05) is 12.1 Å². The standard InChI is InChI=1S/C20H16ClN3O4S/c1-26-14-9-12(10-15(27-2)17(14)28-3)18-22-20-24(23-18)19(25)16(29-20)8-11-5-4-6-13(21)7-11/h4-10H,1-3H3. The largest absolute Gasteiger partial charge is 0.493 e. The molecule has 0 radical (unpaired) electrons. The Labute approximate surface area is 174 Å². The lowest BCUT2D eigenvalue weighted by Gasteiger charge is -2.12. The van der Waals surface area contributed by atoms with Crippen LogP contribution in [0.1, 0.15) is 5.56 Å². The lowest BCUT2D eigenvalue weighted by atomic mass is 10.1. The Morgan fingerprint density at radius 1 is 1.07 bits per heavy atom. The minimum absolute atomic E-state index is 0.240. The van der Waals surface area contributed by atoms with Crippen molar-refractivity contribution in [2.75, 3.05) is 21.3 Å². The molecule has 0 amide bonds. The summed E-state index contributed by atoms with van der Waals surface area (Å²) in [5, 5.41) is 4.98. The van der Waals surface area contributed by atoms with Gasteiger partial charge in [-0.15, -0.1) is 5.10 Å². The molecular formula is C20H16ClN3O4S. The summed E-state index contributed by atoms with van der Waals surface area (Å²) in [6.45, 7) is 0. The molecule has 2 aromatic heterocycles. The van der Waals surface area contributed by atoms with Crippen molar-refractivity contribution in [1.82, 2.24) is 14.6 Å². The van der Waals surface area contributed by atoms with E-state index in [2.05, 4.69) is 10.1 Å². The zero-order valence-corrected chi connectivity index (χ0v) is 17.4. The number of hydrogen-bond donors (Lipinski definition) is 0. The van der Waals surface area contributed by atoms with Crippen LogP contribution in [-0.2, 0) is 0 Å². The van der Waals surface area contributed by atoms with E-state index in [1.54, 1.807) is 30.3 Å². The Kier molecular flexibility index (Phi) is 5.12. The summed E-state index contributed by atoms with van der Waals surface area (Å²) < 4.78 is 17.9. The van der Waals surface area contributed by atoms with Crippen LogP contribution >= 0.6 is 22.9 Å². The van der Waals surface area contributed by atoms with Crippen LogP contribution in [0.25, 0.3) is 22.4 Å². The molecule has 148 valence electrons. The van der Waals surface area contributed by atoms with Gasteiger partial charge in [0.15, 0.2) is 17.3 Å². The summed E-state index contributed by atoms with van der Waals surface area (Å²) in [4.78, 5) is 17.7. The molecule has 2 aromatic carbocycles. The van der Waals surface area contributed by atoms with Crippen molar-refractivity contribution in [1.29, 1.82) is 0 Å². The number of thiazole rings is 1. The molecule has 9 heteroatoms. The first-order chi connectivity index (χ1) is 14.0. The highest BCUT2D eigenvalue weighted by atomic mass is 35.5. The number of ether oxygens (including phenoxy) is 3. The van der Waals surface area contributed by atoms with Crippen LogP contribution in [0.3, 0.4) is 0 Å². The molecule has 7 nitrogen and oxygen atoms in total. The maximum atomic E-state index is 12.7. The number of benzene rings is 2. The molecule has 0 atom stereocenters. The molecule has 0 saturated heterocycles. The molecule has 29 heavy (non-hydrogen) atoms. The SMILES string of the molecule is COc1cc(-c2nc3sc(=Cc4cccc(Cl)c4)c(=O)n3n2)cc(OC)c1OC. The van der Waals surface area contributed by atoms with Gasteiger partial charge in [0.25, 0.3) is 5.56 Å². The number of rotatable bonds is 5. The average molecular weight is 430 g/mol. The van der Waals surface area contributed by atoms with Crippen LogP contribution in [0.15, 0.2) is 41.2 Å². The van der Waals surface area contributed by atoms with Crippen LogP contribution in [-0.4, -0.2) is 35.9 Å². The highest BCUT2D eigenvalue weighted by Crippen LogP contribution is 2.40. The molecule has 0 bridgehead atoms. The van der Waals surface area contributed by atoms with Gasteiger partial charge >= 0.3 is 0 Å². The first-order valence-electron chi connectivity index (χ1n) is 8.51. The van der Waals surface area contributed by atoms with Gasteiger partial charge in [0.05, 0.1) is 25.9 Å². The van der Waals surface area contributed by atoms with Crippen molar-refractivity contribution in [3.05, 3.63) is 61.9 Å². The van der Waals surface area contributed by atoms with Crippen molar-refractivity contribution < 1.29 is 14.2 Å². The van der Waals surface area contributed by atoms with Gasteiger partial charge in [-0.1, -0.05) is 35.1 Å². The maximum Gasteiger partial charge on any atom is 0.291 e. The Balaban J connectivity index is 1.81. The predicted octanol–water partition coefficient (Wildman–Crippen LogP) is 3.04. The van der Waals surface area contributed by atoms with Crippen LogP contribution < -0.4 is 24.3 Å². The van der Waals surface area contributed by atoms with Crippen LogP contribution in [0.5, 0.6) is 17.2 Å². The molecule has 0 N–H and O–H groups in total. The topological polar surface area (TPSA) is 75.0 Å². The number of nitrogens with zero attached hydrogens (tertiary/aromatic N) is 3. The average Bonchev–Trinajstić information content (AvgIpc) is 3.26. The van der Waals surface area contributed by atoms with E-state index in [4.69, 9.17) is 25.8 Å². The van der Waals surface area contributed by atoms with E-state index in [-0.39, 0.29) is 5.56 Å². The predicted molar refractivity (Wildman–Crippen MR) is 112 cm³/mol. The van der Waals surface area contributed by atoms with Crippen LogP contribution in [0.4, 0.5) is 0 Å². The fraction of sp³-hybridized carbons (Fsp3) is 0.150. The number of hydrogen-bond acceptors (Lipinski definition) is 7. The Morgan fingerprint density at radius 3 is 2.38 bits per heavy atom. The molecule has 0 unspecified atom stereocenters. The van der Waals surface area contributed by atoms with E-state index in [0.29, 0.717) is 43.2 Å². The minimum Gasteiger partial charge on any atom is -0.493 e. The van der Waals surface area contributed by atoms with Crippen molar-refractivity contribution in [3.63, 3.8) is 0 Å². The summed E-state index contributed by atoms with van der Waals surface area (Å²) in [6.07, 6.45) is 1.77. The fourth-order valence-electron chi connectivity index (χ4n) is 2.91. The van der Waals surface area contributed by atoms with Crippen molar-refractivity contribution in [2.45, 2.75) is 0 Å². The number of methoxy groups -OCH3 is 3. The third-order valence-corrected chi connectivity index (χ3v) is 5.45. The smallest absolute Gasteiger partial charge is 0.291 e. The summed E-state index contributed by atoms with van der Waals surface area (Å²) in [5.74, 6) is 1.83. The first-order valence-corrected chi connectivity index (χ1v) is 9.70. The Bertz CT molecular complexity index is 1290. The van der Waals surface area contributed by atoms with E-state index < -0.39 is 0 Å². The van der Waals surface area contributed by atoms with Crippen LogP contribution in [0, 0.1) is 0 Å². The molecule has 0 aliphatic rings. The lowest BCUT2D eigenvalue weighted by Crippen LogP contribution is -2.23. The third kappa shape index (κ3) is 3.52. The first kappa shape index (κ1) is 19.2. The fourth-order valence-corrected chi connectivity index (χ4v) is 4.02.